The van der Waals surface area contributed by atoms with Crippen molar-refractivity contribution in [1.29, 1.82) is 0 Å². The van der Waals surface area contributed by atoms with Crippen LogP contribution < -0.4 is 15.0 Å². The Labute approximate surface area is 155 Å². The van der Waals surface area contributed by atoms with Gasteiger partial charge in [-0.1, -0.05) is 19.9 Å². The van der Waals surface area contributed by atoms with E-state index in [2.05, 4.69) is 47.2 Å². The third-order valence-electron chi connectivity index (χ3n) is 4.72. The van der Waals surface area contributed by atoms with E-state index in [0.29, 0.717) is 11.9 Å². The number of aliphatic hydroxyl groups excluding tert-OH is 1. The average molecular weight is 356 g/mol. The highest BCUT2D eigenvalue weighted by molar-refractivity contribution is 5.49. The standard InChI is InChI=1S/C20H28N4O2/c1-13(2)18-10-19(23-20(22-18)21-14(3)12-25)24-8-7-15-9-17(26-4)6-5-16(15)11-24/h5-6,9-10,13-14,25H,7-8,11-12H2,1-4H3,(H,21,22,23)/t14-/m1/s1. The zero-order valence-corrected chi connectivity index (χ0v) is 16.0. The van der Waals surface area contributed by atoms with Gasteiger partial charge in [0.2, 0.25) is 5.95 Å². The third kappa shape index (κ3) is 4.07. The second kappa shape index (κ2) is 7.91. The van der Waals surface area contributed by atoms with Gasteiger partial charge in [0.25, 0.3) is 0 Å². The van der Waals surface area contributed by atoms with E-state index in [0.717, 1.165) is 36.8 Å². The van der Waals surface area contributed by atoms with Gasteiger partial charge in [0, 0.05) is 25.2 Å². The van der Waals surface area contributed by atoms with Gasteiger partial charge in [0.15, 0.2) is 0 Å². The number of nitrogens with zero attached hydrogens (tertiary/aromatic N) is 3. The first-order valence-corrected chi connectivity index (χ1v) is 9.17. The number of rotatable bonds is 6. The quantitative estimate of drug-likeness (QED) is 0.829. The molecule has 140 valence electrons. The van der Waals surface area contributed by atoms with Gasteiger partial charge in [0.1, 0.15) is 11.6 Å². The molecule has 0 saturated carbocycles. The fourth-order valence-corrected chi connectivity index (χ4v) is 3.09. The highest BCUT2D eigenvalue weighted by atomic mass is 16.5. The lowest BCUT2D eigenvalue weighted by Crippen LogP contribution is -2.32. The number of methoxy groups -OCH3 is 1. The van der Waals surface area contributed by atoms with Crippen LogP contribution in [0.2, 0.25) is 0 Å². The lowest BCUT2D eigenvalue weighted by molar-refractivity contribution is 0.281. The lowest BCUT2D eigenvalue weighted by Gasteiger charge is -2.30. The number of nitrogens with one attached hydrogen (secondary N) is 1. The molecule has 6 heteroatoms. The molecule has 2 heterocycles. The first-order chi connectivity index (χ1) is 12.5. The molecule has 2 aromatic rings. The van der Waals surface area contributed by atoms with Crippen molar-refractivity contribution < 1.29 is 9.84 Å². The van der Waals surface area contributed by atoms with E-state index in [9.17, 15) is 5.11 Å². The molecule has 3 rings (SSSR count). The topological polar surface area (TPSA) is 70.5 Å². The maximum absolute atomic E-state index is 9.31. The van der Waals surface area contributed by atoms with Gasteiger partial charge in [-0.05, 0) is 42.5 Å². The number of fused-ring (bicyclic) bond motifs is 1. The molecule has 26 heavy (non-hydrogen) atoms. The van der Waals surface area contributed by atoms with Crippen molar-refractivity contribution in [3.05, 3.63) is 41.1 Å². The summed E-state index contributed by atoms with van der Waals surface area (Å²) in [4.78, 5) is 11.6. The first kappa shape index (κ1) is 18.5. The Morgan fingerprint density at radius 1 is 1.19 bits per heavy atom. The number of hydrogen-bond donors (Lipinski definition) is 2. The van der Waals surface area contributed by atoms with Crippen LogP contribution in [-0.4, -0.2) is 41.4 Å². The molecule has 1 atom stereocenters. The van der Waals surface area contributed by atoms with Gasteiger partial charge in [-0.15, -0.1) is 0 Å². The minimum Gasteiger partial charge on any atom is -0.497 e. The highest BCUT2D eigenvalue weighted by Gasteiger charge is 2.20. The SMILES string of the molecule is COc1ccc2c(c1)CCN(c1cc(C(C)C)nc(N[C@H](C)CO)n1)C2. The monoisotopic (exact) mass is 356 g/mol. The lowest BCUT2D eigenvalue weighted by atomic mass is 9.99. The molecule has 0 spiro atoms. The molecule has 1 aromatic heterocycles. The number of aromatic nitrogens is 2. The zero-order chi connectivity index (χ0) is 18.7. The summed E-state index contributed by atoms with van der Waals surface area (Å²) in [5, 5.41) is 12.5. The fourth-order valence-electron chi connectivity index (χ4n) is 3.09. The predicted octanol–water partition coefficient (Wildman–Crippen LogP) is 2.96. The van der Waals surface area contributed by atoms with E-state index in [1.165, 1.54) is 11.1 Å². The molecule has 2 N–H and O–H groups in total. The summed E-state index contributed by atoms with van der Waals surface area (Å²) in [5.74, 6) is 2.72. The second-order valence-corrected chi connectivity index (χ2v) is 7.16. The summed E-state index contributed by atoms with van der Waals surface area (Å²) < 4.78 is 5.33. The minimum absolute atomic E-state index is 0.0452. The first-order valence-electron chi connectivity index (χ1n) is 9.17. The van der Waals surface area contributed by atoms with E-state index in [1.807, 2.05) is 13.0 Å². The number of benzene rings is 1. The molecule has 0 aliphatic carbocycles. The van der Waals surface area contributed by atoms with Crippen molar-refractivity contribution in [2.24, 2.45) is 0 Å². The Hall–Kier alpha value is -2.34. The summed E-state index contributed by atoms with van der Waals surface area (Å²) in [5.41, 5.74) is 3.65. The Morgan fingerprint density at radius 3 is 2.69 bits per heavy atom. The van der Waals surface area contributed by atoms with Crippen molar-refractivity contribution in [3.63, 3.8) is 0 Å². The van der Waals surface area contributed by atoms with Crippen LogP contribution in [0.1, 0.15) is 43.5 Å². The largest absolute Gasteiger partial charge is 0.497 e. The third-order valence-corrected chi connectivity index (χ3v) is 4.72. The second-order valence-electron chi connectivity index (χ2n) is 7.16. The van der Waals surface area contributed by atoms with Gasteiger partial charge in [-0.2, -0.15) is 4.98 Å². The number of hydrogen-bond acceptors (Lipinski definition) is 6. The summed E-state index contributed by atoms with van der Waals surface area (Å²) >= 11 is 0. The van der Waals surface area contributed by atoms with Crippen LogP contribution in [0.4, 0.5) is 11.8 Å². The van der Waals surface area contributed by atoms with Crippen molar-refractivity contribution in [2.45, 2.75) is 45.7 Å². The van der Waals surface area contributed by atoms with E-state index in [1.54, 1.807) is 7.11 Å². The summed E-state index contributed by atoms with van der Waals surface area (Å²) in [6.45, 7) is 7.94. The fraction of sp³-hybridized carbons (Fsp3) is 0.500. The Balaban J connectivity index is 1.88. The average Bonchev–Trinajstić information content (AvgIpc) is 2.66. The molecule has 0 radical (unpaired) electrons. The Bertz CT molecular complexity index is 763. The number of ether oxygens (including phenoxy) is 1. The van der Waals surface area contributed by atoms with Crippen molar-refractivity contribution in [3.8, 4) is 5.75 Å². The van der Waals surface area contributed by atoms with E-state index < -0.39 is 0 Å². The molecule has 1 aromatic carbocycles. The van der Waals surface area contributed by atoms with Crippen LogP contribution >= 0.6 is 0 Å². The van der Waals surface area contributed by atoms with E-state index >= 15 is 0 Å². The van der Waals surface area contributed by atoms with Crippen LogP contribution in [0.3, 0.4) is 0 Å². The number of aliphatic hydroxyl groups is 1. The smallest absolute Gasteiger partial charge is 0.225 e. The normalized spacial score (nSPS) is 14.9. The van der Waals surface area contributed by atoms with E-state index in [-0.39, 0.29) is 12.6 Å². The molecular formula is C20H28N4O2. The molecular weight excluding hydrogens is 328 g/mol. The van der Waals surface area contributed by atoms with Crippen LogP contribution in [0.5, 0.6) is 5.75 Å². The van der Waals surface area contributed by atoms with Gasteiger partial charge in [-0.3, -0.25) is 0 Å². The molecule has 6 nitrogen and oxygen atoms in total. The predicted molar refractivity (Wildman–Crippen MR) is 104 cm³/mol. The summed E-state index contributed by atoms with van der Waals surface area (Å²) in [7, 11) is 1.70. The Kier molecular flexibility index (Phi) is 5.61. The van der Waals surface area contributed by atoms with Gasteiger partial charge < -0.3 is 20.1 Å². The molecule has 1 aliphatic rings. The van der Waals surface area contributed by atoms with Crippen LogP contribution in [0.25, 0.3) is 0 Å². The van der Waals surface area contributed by atoms with Crippen molar-refractivity contribution in [2.75, 3.05) is 30.5 Å². The molecule has 1 aliphatic heterocycles. The van der Waals surface area contributed by atoms with Crippen LogP contribution in [-0.2, 0) is 13.0 Å². The zero-order valence-electron chi connectivity index (χ0n) is 16.0. The van der Waals surface area contributed by atoms with Gasteiger partial charge in [0.05, 0.1) is 19.4 Å². The molecule has 0 unspecified atom stereocenters. The maximum atomic E-state index is 9.31. The molecule has 0 fully saturated rings. The van der Waals surface area contributed by atoms with Gasteiger partial charge in [-0.25, -0.2) is 4.98 Å². The van der Waals surface area contributed by atoms with Crippen LogP contribution in [0.15, 0.2) is 24.3 Å². The Morgan fingerprint density at radius 2 is 2.00 bits per heavy atom. The van der Waals surface area contributed by atoms with Crippen LogP contribution in [0, 0.1) is 0 Å². The van der Waals surface area contributed by atoms with Crippen molar-refractivity contribution >= 4 is 11.8 Å². The minimum atomic E-state index is -0.0835. The molecule has 0 bridgehead atoms. The maximum Gasteiger partial charge on any atom is 0.225 e. The number of anilines is 2. The van der Waals surface area contributed by atoms with E-state index in [4.69, 9.17) is 9.72 Å². The summed E-state index contributed by atoms with van der Waals surface area (Å²) in [6, 6.07) is 8.27. The highest BCUT2D eigenvalue weighted by Crippen LogP contribution is 2.28. The molecule has 0 saturated heterocycles. The van der Waals surface area contributed by atoms with Crippen molar-refractivity contribution in [1.82, 2.24) is 9.97 Å². The van der Waals surface area contributed by atoms with Gasteiger partial charge >= 0.3 is 0 Å². The molecule has 0 amide bonds. The summed E-state index contributed by atoms with van der Waals surface area (Å²) in [6.07, 6.45) is 0.962.